The molecule has 0 aromatic carbocycles. The monoisotopic (exact) mass is 1520 g/mol. The maximum Gasteiger partial charge on any atom is 0.320 e. The molecule has 0 unspecified atom stereocenters. The van der Waals surface area contributed by atoms with E-state index >= 15 is 0 Å². The summed E-state index contributed by atoms with van der Waals surface area (Å²) in [4.78, 5) is 102. The van der Waals surface area contributed by atoms with E-state index in [0.717, 1.165) is 261 Å². The minimum absolute atomic E-state index is 0.111. The highest BCUT2D eigenvalue weighted by Crippen LogP contribution is 2.08. The van der Waals surface area contributed by atoms with Crippen molar-refractivity contribution in [1.82, 2.24) is 81.3 Å². The van der Waals surface area contributed by atoms with Crippen LogP contribution in [0.2, 0.25) is 0 Å². The standard InChI is InChI=1S/C25H48N4O6.C20H40N4O4.C19H38N4O6.C10H24N4/c1-4-33-23(30)9-17-27-15-8-16-29(19-11-25(32)35-6-3)22-21-28(14-7-12-26-13-20-27)18-10-24(31)34-5-2;1-4-22-12-8-13-24(18-20(26)28-6-3)16-15-23(17-19(25)27-5-2)11-7-9-21-10-14-22;24-17-29-16-15-23-7-1-5-20-6-12-21(10-3-18(25)26)8-2-9-22(13-14-23)11-4-19(27)28;1-3-11-7-9-13-5-2-6-14-10-8-12-4-1/h26H,4-22H2,1-3H3;21H,4-18H2,1-3H3;20,24H,1-17H2,(H,25,26)(H,27,28);11-14H,1-10H2. The van der Waals surface area contributed by atoms with Crippen molar-refractivity contribution in [2.75, 3.05) is 315 Å². The lowest BCUT2D eigenvalue weighted by Gasteiger charge is -2.29. The molecule has 0 spiro atoms. The maximum atomic E-state index is 12.0. The number of aliphatic hydroxyl groups excluding tert-OH is 1. The molecule has 4 fully saturated rings. The van der Waals surface area contributed by atoms with Crippen LogP contribution in [0.15, 0.2) is 0 Å². The summed E-state index contributed by atoms with van der Waals surface area (Å²) in [6, 6.07) is 0. The molecule has 106 heavy (non-hydrogen) atoms. The molecule has 0 aromatic heterocycles. The number of carboxylic acids is 2. The fourth-order valence-corrected chi connectivity index (χ4v) is 12.3. The van der Waals surface area contributed by atoms with Gasteiger partial charge in [-0.05, 0) is 191 Å². The maximum absolute atomic E-state index is 12.0. The predicted octanol–water partition coefficient (Wildman–Crippen LogP) is -0.112. The first kappa shape index (κ1) is 99.6. The predicted molar refractivity (Wildman–Crippen MR) is 415 cm³/mol. The second-order valence-corrected chi connectivity index (χ2v) is 26.7. The molecule has 4 saturated heterocycles. The molecule has 4 aliphatic rings. The number of rotatable bonds is 29. The van der Waals surface area contributed by atoms with Crippen LogP contribution in [-0.4, -0.2) is 416 Å². The number of esters is 5. The zero-order valence-corrected chi connectivity index (χ0v) is 66.8. The Morgan fingerprint density at radius 2 is 0.528 bits per heavy atom. The highest BCUT2D eigenvalue weighted by Gasteiger charge is 2.21. The van der Waals surface area contributed by atoms with Crippen molar-refractivity contribution in [1.29, 1.82) is 0 Å². The van der Waals surface area contributed by atoms with E-state index < -0.39 is 11.9 Å². The molecule has 32 heteroatoms. The number of carbonyl (C=O) groups is 7. The molecule has 10 N–H and O–H groups in total. The summed E-state index contributed by atoms with van der Waals surface area (Å²) >= 11 is 0. The van der Waals surface area contributed by atoms with Gasteiger partial charge < -0.3 is 110 Å². The Morgan fingerprint density at radius 3 is 0.858 bits per heavy atom. The quantitative estimate of drug-likeness (QED) is 0.0202. The SMILES string of the molecule is C1CNCCNCCCNCCNC1.CCOC(=O)CCN1CCCN(CCC(=O)OCC)CCN(CCC(=O)OCC)CCCNCC1.CCOC(=O)CN1CCCNCCN(CC)CCCN(CC(=O)OCC)CC1.O=C(O)CCN1CCCN(CCC(=O)O)CCN(CCOCO)CCCNCC1. The molecule has 622 valence electrons. The lowest BCUT2D eigenvalue weighted by molar-refractivity contribution is -0.146. The number of hydrogen-bond acceptors (Lipinski definition) is 30. The Balaban J connectivity index is 0.000000732. The zero-order valence-electron chi connectivity index (χ0n) is 66.8. The van der Waals surface area contributed by atoms with E-state index in [2.05, 4.69) is 88.2 Å². The number of hydrogen-bond donors (Lipinski definition) is 10. The molecule has 0 radical (unpaired) electrons. The number of nitrogens with zero attached hydrogens (tertiary/aromatic N) is 9. The van der Waals surface area contributed by atoms with Crippen LogP contribution in [0.25, 0.3) is 0 Å². The molecule has 4 aliphatic heterocycles. The third-order valence-electron chi connectivity index (χ3n) is 18.2. The van der Waals surface area contributed by atoms with Gasteiger partial charge in [0.25, 0.3) is 0 Å². The molecule has 0 bridgehead atoms. The highest BCUT2D eigenvalue weighted by molar-refractivity contribution is 5.72. The summed E-state index contributed by atoms with van der Waals surface area (Å²) in [6.45, 7) is 48.3. The number of likely N-dealkylation sites (N-methyl/N-ethyl adjacent to an activating group) is 1. The number of aliphatic carboxylic acids is 2. The molecule has 0 saturated carbocycles. The van der Waals surface area contributed by atoms with Crippen molar-refractivity contribution in [2.45, 2.75) is 125 Å². The topological polar surface area (TPSA) is 349 Å². The normalized spacial score (nSPS) is 19.7. The Morgan fingerprint density at radius 1 is 0.274 bits per heavy atom. The van der Waals surface area contributed by atoms with Crippen LogP contribution in [0.4, 0.5) is 0 Å². The van der Waals surface area contributed by atoms with E-state index in [0.29, 0.717) is 105 Å². The fourth-order valence-electron chi connectivity index (χ4n) is 12.3. The summed E-state index contributed by atoms with van der Waals surface area (Å²) < 4.78 is 30.6. The van der Waals surface area contributed by atoms with Gasteiger partial charge >= 0.3 is 41.8 Å². The number of carboxylic acid groups (broad SMARTS) is 2. The van der Waals surface area contributed by atoms with Crippen molar-refractivity contribution >= 4 is 41.8 Å². The lowest BCUT2D eigenvalue weighted by Crippen LogP contribution is -2.43. The number of ether oxygens (including phenoxy) is 6. The number of carbonyl (C=O) groups excluding carboxylic acids is 5. The third kappa shape index (κ3) is 62.3. The highest BCUT2D eigenvalue weighted by atomic mass is 16.6. The van der Waals surface area contributed by atoms with Crippen molar-refractivity contribution in [3.8, 4) is 0 Å². The zero-order chi connectivity index (χ0) is 77.6. The first-order valence-corrected chi connectivity index (χ1v) is 40.4. The van der Waals surface area contributed by atoms with Gasteiger partial charge in [-0.3, -0.25) is 48.3 Å². The first-order chi connectivity index (χ1) is 51.6. The van der Waals surface area contributed by atoms with E-state index in [4.69, 9.17) is 43.7 Å². The summed E-state index contributed by atoms with van der Waals surface area (Å²) in [5, 5.41) is 50.9. The van der Waals surface area contributed by atoms with Crippen LogP contribution in [-0.2, 0) is 62.0 Å². The van der Waals surface area contributed by atoms with Crippen LogP contribution in [0.1, 0.15) is 125 Å². The van der Waals surface area contributed by atoms with Gasteiger partial charge in [-0.2, -0.15) is 0 Å². The molecule has 32 nitrogen and oxygen atoms in total. The van der Waals surface area contributed by atoms with Gasteiger partial charge in [0.15, 0.2) is 0 Å². The molecule has 0 aliphatic carbocycles. The minimum atomic E-state index is -0.799. The van der Waals surface area contributed by atoms with Crippen molar-refractivity contribution in [3.05, 3.63) is 0 Å². The van der Waals surface area contributed by atoms with E-state index in [1.54, 1.807) is 0 Å². The van der Waals surface area contributed by atoms with Crippen LogP contribution < -0.4 is 37.2 Å². The second-order valence-electron chi connectivity index (χ2n) is 26.7. The number of aliphatic hydroxyl groups is 1. The van der Waals surface area contributed by atoms with Gasteiger partial charge in [0.1, 0.15) is 6.79 Å². The molecule has 0 aromatic rings. The Labute approximate surface area is 637 Å². The van der Waals surface area contributed by atoms with E-state index in [1.807, 2.05) is 34.6 Å². The van der Waals surface area contributed by atoms with E-state index in [9.17, 15) is 33.6 Å². The summed E-state index contributed by atoms with van der Waals surface area (Å²) in [5.74, 6) is -2.44. The van der Waals surface area contributed by atoms with Crippen LogP contribution in [0.5, 0.6) is 0 Å². The van der Waals surface area contributed by atoms with Gasteiger partial charge in [-0.25, -0.2) is 0 Å². The smallest absolute Gasteiger partial charge is 0.320 e. The van der Waals surface area contributed by atoms with Gasteiger partial charge in [-0.1, -0.05) is 6.92 Å². The van der Waals surface area contributed by atoms with E-state index in [1.165, 1.54) is 12.8 Å². The summed E-state index contributed by atoms with van der Waals surface area (Å²) in [5.41, 5.74) is 0. The minimum Gasteiger partial charge on any atom is -0.481 e. The molecule has 0 atom stereocenters. The van der Waals surface area contributed by atoms with Gasteiger partial charge in [0, 0.05) is 151 Å². The molecule has 4 rings (SSSR count). The first-order valence-electron chi connectivity index (χ1n) is 40.4. The summed E-state index contributed by atoms with van der Waals surface area (Å²) in [7, 11) is 0. The molecular weight excluding hydrogens is 1370 g/mol. The average Bonchev–Trinajstić information content (AvgIpc) is 1.05. The lowest BCUT2D eigenvalue weighted by atomic mass is 10.2. The van der Waals surface area contributed by atoms with Crippen molar-refractivity contribution < 1.29 is 77.3 Å². The Hall–Kier alpha value is -4.43. The summed E-state index contributed by atoms with van der Waals surface area (Å²) in [6.07, 6.45) is 9.59. The fraction of sp³-hybridized carbons (Fsp3) is 0.905. The molecule has 4 heterocycles. The Bertz CT molecular complexity index is 2090. The Kier molecular flexibility index (Phi) is 67.8. The average molecular weight is 1520 g/mol. The van der Waals surface area contributed by atoms with E-state index in [-0.39, 0.29) is 49.5 Å². The van der Waals surface area contributed by atoms with Crippen molar-refractivity contribution in [3.63, 3.8) is 0 Å². The second kappa shape index (κ2) is 72.1. The van der Waals surface area contributed by atoms with Crippen LogP contribution in [0, 0.1) is 0 Å². The third-order valence-corrected chi connectivity index (χ3v) is 18.2. The largest absolute Gasteiger partial charge is 0.481 e. The van der Waals surface area contributed by atoms with Gasteiger partial charge in [0.2, 0.25) is 0 Å². The van der Waals surface area contributed by atoms with Crippen LogP contribution in [0.3, 0.4) is 0 Å². The molecule has 0 amide bonds. The van der Waals surface area contributed by atoms with Crippen LogP contribution >= 0.6 is 0 Å². The van der Waals surface area contributed by atoms with Gasteiger partial charge in [0.05, 0.1) is 84.8 Å². The number of nitrogens with one attached hydrogen (secondary N) is 7. The van der Waals surface area contributed by atoms with Gasteiger partial charge in [-0.15, -0.1) is 0 Å². The van der Waals surface area contributed by atoms with Crippen molar-refractivity contribution in [2.24, 2.45) is 0 Å². The molecular formula is C74H150N16O16.